The van der Waals surface area contributed by atoms with E-state index in [1.807, 2.05) is 0 Å². The van der Waals surface area contributed by atoms with Crippen LogP contribution in [0.25, 0.3) is 0 Å². The number of rotatable bonds is 7. The second-order valence-electron chi connectivity index (χ2n) is 5.73. The quantitative estimate of drug-likeness (QED) is 0.822. The van der Waals surface area contributed by atoms with E-state index >= 15 is 0 Å². The van der Waals surface area contributed by atoms with Crippen molar-refractivity contribution in [2.45, 2.75) is 59.0 Å². The molecule has 5 nitrogen and oxygen atoms in total. The molecule has 1 aromatic heterocycles. The summed E-state index contributed by atoms with van der Waals surface area (Å²) < 4.78 is 5.77. The van der Waals surface area contributed by atoms with Gasteiger partial charge in [-0.25, -0.2) is 0 Å². The molecule has 1 fully saturated rings. The Bertz CT molecular complexity index is 371. The molecule has 1 heterocycles. The molecule has 0 aromatic carbocycles. The van der Waals surface area contributed by atoms with Crippen molar-refractivity contribution in [1.82, 2.24) is 15.5 Å². The van der Waals surface area contributed by atoms with Crippen molar-refractivity contribution >= 4 is 6.01 Å². The first-order chi connectivity index (χ1) is 9.20. The van der Waals surface area contributed by atoms with Gasteiger partial charge < -0.3 is 14.6 Å². The average Bonchev–Trinajstić information content (AvgIpc) is 3.02. The number of nitrogens with zero attached hydrogens (tertiary/aromatic N) is 3. The topological polar surface area (TPSA) is 54.2 Å². The normalized spacial score (nSPS) is 16.4. The van der Waals surface area contributed by atoms with Crippen LogP contribution in [0.4, 0.5) is 6.01 Å². The van der Waals surface area contributed by atoms with Crippen LogP contribution in [-0.2, 0) is 6.54 Å². The predicted molar refractivity (Wildman–Crippen MR) is 76.1 cm³/mol. The van der Waals surface area contributed by atoms with E-state index in [1.165, 1.54) is 25.7 Å². The van der Waals surface area contributed by atoms with E-state index in [4.69, 9.17) is 4.42 Å². The fourth-order valence-electron chi connectivity index (χ4n) is 2.67. The van der Waals surface area contributed by atoms with Crippen LogP contribution < -0.4 is 10.2 Å². The monoisotopic (exact) mass is 266 g/mol. The molecule has 0 spiro atoms. The molecule has 0 saturated heterocycles. The van der Waals surface area contributed by atoms with Crippen LogP contribution in [0.15, 0.2) is 4.42 Å². The Hall–Kier alpha value is -1.10. The zero-order chi connectivity index (χ0) is 13.7. The van der Waals surface area contributed by atoms with Crippen molar-refractivity contribution in [3.05, 3.63) is 5.89 Å². The van der Waals surface area contributed by atoms with Gasteiger partial charge in [-0.05, 0) is 32.2 Å². The fourth-order valence-corrected chi connectivity index (χ4v) is 2.67. The van der Waals surface area contributed by atoms with Crippen LogP contribution in [0.5, 0.6) is 0 Å². The summed E-state index contributed by atoms with van der Waals surface area (Å²) in [6.45, 7) is 9.09. The van der Waals surface area contributed by atoms with E-state index in [2.05, 4.69) is 41.2 Å². The van der Waals surface area contributed by atoms with Gasteiger partial charge in [-0.2, -0.15) is 0 Å². The van der Waals surface area contributed by atoms with Crippen LogP contribution in [-0.4, -0.2) is 29.3 Å². The lowest BCUT2D eigenvalue weighted by Gasteiger charge is -2.24. The van der Waals surface area contributed by atoms with Crippen LogP contribution in [0, 0.1) is 5.92 Å². The Morgan fingerprint density at radius 2 is 2.05 bits per heavy atom. The third kappa shape index (κ3) is 3.93. The summed E-state index contributed by atoms with van der Waals surface area (Å²) in [4.78, 5) is 2.26. The van der Waals surface area contributed by atoms with E-state index in [9.17, 15) is 0 Å². The summed E-state index contributed by atoms with van der Waals surface area (Å²) in [7, 11) is 0. The number of hydrogen-bond acceptors (Lipinski definition) is 5. The molecule has 0 bridgehead atoms. The van der Waals surface area contributed by atoms with E-state index < -0.39 is 0 Å². The van der Waals surface area contributed by atoms with Crippen molar-refractivity contribution in [2.24, 2.45) is 5.92 Å². The van der Waals surface area contributed by atoms with Crippen LogP contribution in [0.1, 0.15) is 52.3 Å². The standard InChI is InChI=1S/C14H26N4O/c1-4-18(12-7-5-6-8-12)14-17-16-13(19-14)10-15-9-11(2)3/h11-12,15H,4-10H2,1-3H3. The second-order valence-corrected chi connectivity index (χ2v) is 5.73. The Morgan fingerprint density at radius 3 is 2.68 bits per heavy atom. The highest BCUT2D eigenvalue weighted by Gasteiger charge is 2.25. The van der Waals surface area contributed by atoms with Crippen LogP contribution in [0.2, 0.25) is 0 Å². The van der Waals surface area contributed by atoms with Crippen molar-refractivity contribution in [3.8, 4) is 0 Å². The molecular weight excluding hydrogens is 240 g/mol. The Kier molecular flexibility index (Phi) is 5.19. The van der Waals surface area contributed by atoms with Gasteiger partial charge in [-0.1, -0.05) is 31.8 Å². The minimum absolute atomic E-state index is 0.585. The molecule has 2 rings (SSSR count). The highest BCUT2D eigenvalue weighted by Crippen LogP contribution is 2.27. The maximum absolute atomic E-state index is 5.77. The van der Waals surface area contributed by atoms with Crippen molar-refractivity contribution in [3.63, 3.8) is 0 Å². The van der Waals surface area contributed by atoms with Crippen LogP contribution >= 0.6 is 0 Å². The summed E-state index contributed by atoms with van der Waals surface area (Å²) >= 11 is 0. The van der Waals surface area contributed by atoms with Gasteiger partial charge in [0, 0.05) is 12.6 Å². The Labute approximate surface area is 115 Å². The summed E-state index contributed by atoms with van der Waals surface area (Å²) in [6.07, 6.45) is 5.13. The minimum Gasteiger partial charge on any atom is -0.407 e. The molecule has 1 N–H and O–H groups in total. The lowest BCUT2D eigenvalue weighted by atomic mass is 10.2. The zero-order valence-electron chi connectivity index (χ0n) is 12.4. The minimum atomic E-state index is 0.585. The maximum atomic E-state index is 5.77. The van der Waals surface area contributed by atoms with Gasteiger partial charge in [0.15, 0.2) is 0 Å². The highest BCUT2D eigenvalue weighted by molar-refractivity contribution is 5.26. The molecule has 1 aliphatic rings. The molecule has 5 heteroatoms. The average molecular weight is 266 g/mol. The van der Waals surface area contributed by atoms with Gasteiger partial charge in [0.1, 0.15) is 0 Å². The first-order valence-electron chi connectivity index (χ1n) is 7.50. The number of nitrogens with one attached hydrogen (secondary N) is 1. The molecule has 0 aliphatic heterocycles. The van der Waals surface area contributed by atoms with Gasteiger partial charge >= 0.3 is 6.01 Å². The van der Waals surface area contributed by atoms with E-state index in [0.29, 0.717) is 30.4 Å². The highest BCUT2D eigenvalue weighted by atomic mass is 16.4. The molecular formula is C14H26N4O. The molecule has 0 atom stereocenters. The molecule has 1 aromatic rings. The molecule has 0 amide bonds. The third-order valence-corrected chi connectivity index (χ3v) is 3.64. The summed E-state index contributed by atoms with van der Waals surface area (Å²) in [5, 5.41) is 11.7. The molecule has 19 heavy (non-hydrogen) atoms. The zero-order valence-corrected chi connectivity index (χ0v) is 12.4. The Balaban J connectivity index is 1.90. The largest absolute Gasteiger partial charge is 0.407 e. The summed E-state index contributed by atoms with van der Waals surface area (Å²) in [6, 6.07) is 1.28. The molecule has 1 aliphatic carbocycles. The number of hydrogen-bond donors (Lipinski definition) is 1. The van der Waals surface area contributed by atoms with E-state index in [-0.39, 0.29) is 0 Å². The van der Waals surface area contributed by atoms with Crippen LogP contribution in [0.3, 0.4) is 0 Å². The fraction of sp³-hybridized carbons (Fsp3) is 0.857. The first kappa shape index (κ1) is 14.3. The first-order valence-corrected chi connectivity index (χ1v) is 7.50. The van der Waals surface area contributed by atoms with Gasteiger partial charge in [-0.15, -0.1) is 5.10 Å². The maximum Gasteiger partial charge on any atom is 0.318 e. The Morgan fingerprint density at radius 1 is 1.32 bits per heavy atom. The van der Waals surface area contributed by atoms with E-state index in [1.54, 1.807) is 0 Å². The van der Waals surface area contributed by atoms with Gasteiger partial charge in [0.25, 0.3) is 0 Å². The molecule has 108 valence electrons. The van der Waals surface area contributed by atoms with E-state index in [0.717, 1.165) is 13.1 Å². The molecule has 0 unspecified atom stereocenters. The van der Waals surface area contributed by atoms with Crippen molar-refractivity contribution < 1.29 is 4.42 Å². The summed E-state index contributed by atoms with van der Waals surface area (Å²) in [5.41, 5.74) is 0. The SMILES string of the molecule is CCN(c1nnc(CNCC(C)C)o1)C1CCCC1. The predicted octanol–water partition coefficient (Wildman–Crippen LogP) is 2.58. The molecule has 1 saturated carbocycles. The van der Waals surface area contributed by atoms with Crippen molar-refractivity contribution in [2.75, 3.05) is 18.0 Å². The number of aromatic nitrogens is 2. The molecule has 0 radical (unpaired) electrons. The van der Waals surface area contributed by atoms with Gasteiger partial charge in [-0.3, -0.25) is 0 Å². The third-order valence-electron chi connectivity index (χ3n) is 3.64. The lowest BCUT2D eigenvalue weighted by molar-refractivity contribution is 0.436. The van der Waals surface area contributed by atoms with Crippen molar-refractivity contribution in [1.29, 1.82) is 0 Å². The smallest absolute Gasteiger partial charge is 0.318 e. The van der Waals surface area contributed by atoms with Gasteiger partial charge in [0.05, 0.1) is 6.54 Å². The summed E-state index contributed by atoms with van der Waals surface area (Å²) in [5.74, 6) is 1.32. The number of anilines is 1. The van der Waals surface area contributed by atoms with Gasteiger partial charge in [0.2, 0.25) is 5.89 Å². The lowest BCUT2D eigenvalue weighted by Crippen LogP contribution is -2.33. The second kappa shape index (κ2) is 6.89.